The first kappa shape index (κ1) is 12.0. The van der Waals surface area contributed by atoms with Crippen molar-refractivity contribution in [1.82, 2.24) is 0 Å². The van der Waals surface area contributed by atoms with E-state index in [0.29, 0.717) is 0 Å². The minimum Gasteiger partial charge on any atom is -0.479 e. The van der Waals surface area contributed by atoms with Gasteiger partial charge in [0.25, 0.3) is 0 Å². The van der Waals surface area contributed by atoms with E-state index in [-0.39, 0.29) is 0 Å². The maximum absolute atomic E-state index is 9.44. The molecule has 10 heavy (non-hydrogen) atoms. The lowest BCUT2D eigenvalue weighted by molar-refractivity contribution is -0.135. The van der Waals surface area contributed by atoms with Gasteiger partial charge < -0.3 is 15.9 Å². The molecule has 0 saturated carbocycles. The summed E-state index contributed by atoms with van der Waals surface area (Å²) in [6, 6.07) is 0. The van der Waals surface area contributed by atoms with Crippen molar-refractivity contribution in [2.45, 2.75) is 4.84 Å². The highest BCUT2D eigenvalue weighted by Crippen LogP contribution is 1.98. The zero-order chi connectivity index (χ0) is 8.73. The molecule has 5 nitrogen and oxygen atoms in total. The molecule has 0 aliphatic rings. The molecule has 0 bridgehead atoms. The Morgan fingerprint density at radius 2 is 1.40 bits per heavy atom. The third-order valence-electron chi connectivity index (χ3n) is 0.187. The van der Waals surface area contributed by atoms with Crippen LogP contribution in [0.15, 0.2) is 0 Å². The van der Waals surface area contributed by atoms with Gasteiger partial charge in [-0.2, -0.15) is 0 Å². The predicted molar refractivity (Wildman–Crippen MR) is 35.3 cm³/mol. The number of carbonyl (C=O) groups is 2. The molecule has 0 aliphatic carbocycles. The monoisotopic (exact) mass is 189 g/mol. The third kappa shape index (κ3) is 26.5. The summed E-state index contributed by atoms with van der Waals surface area (Å²) in [6.45, 7) is 0. The number of nitrogens with two attached hydrogens (primary N) is 1. The molecule has 1 amide bonds. The molecule has 0 radical (unpaired) electrons. The number of aliphatic carboxylic acids is 1. The number of hydrogen-bond acceptors (Lipinski definition) is 2. The zero-order valence-electron chi connectivity index (χ0n) is 4.62. The maximum Gasteiger partial charge on any atom is 0.402 e. The van der Waals surface area contributed by atoms with Crippen LogP contribution in [-0.2, 0) is 4.79 Å². The number of amides is 1. The molecule has 0 aromatic heterocycles. The average molecular weight is 190 g/mol. The van der Waals surface area contributed by atoms with E-state index in [2.05, 4.69) is 5.73 Å². The Morgan fingerprint density at radius 1 is 1.30 bits per heavy atom. The summed E-state index contributed by atoms with van der Waals surface area (Å²) >= 11 is 9.56. The number of alkyl halides is 2. The van der Waals surface area contributed by atoms with Gasteiger partial charge in [0.2, 0.25) is 4.84 Å². The molecular formula is C3H5Cl2NO4. The highest BCUT2D eigenvalue weighted by Gasteiger charge is 2.05. The summed E-state index contributed by atoms with van der Waals surface area (Å²) in [7, 11) is 0. The Bertz CT molecular complexity index is 122. The second-order valence-corrected chi connectivity index (χ2v) is 2.07. The van der Waals surface area contributed by atoms with Gasteiger partial charge in [0, 0.05) is 0 Å². The molecule has 0 saturated heterocycles. The predicted octanol–water partition coefficient (Wildman–Crippen LogP) is 0.498. The van der Waals surface area contributed by atoms with E-state index in [9.17, 15) is 4.79 Å². The number of carboxylic acids is 1. The smallest absolute Gasteiger partial charge is 0.402 e. The van der Waals surface area contributed by atoms with Crippen molar-refractivity contribution < 1.29 is 19.8 Å². The molecule has 0 aromatic rings. The van der Waals surface area contributed by atoms with Crippen LogP contribution in [0, 0.1) is 0 Å². The molecule has 0 spiro atoms. The molecule has 0 heterocycles. The van der Waals surface area contributed by atoms with Crippen LogP contribution in [0.1, 0.15) is 0 Å². The Balaban J connectivity index is 0. The minimum absolute atomic E-state index is 1.21. The molecule has 60 valence electrons. The molecule has 0 atom stereocenters. The van der Waals surface area contributed by atoms with Crippen LogP contribution < -0.4 is 5.73 Å². The number of hydrogen-bond donors (Lipinski definition) is 3. The molecular weight excluding hydrogens is 185 g/mol. The van der Waals surface area contributed by atoms with Gasteiger partial charge in [-0.1, -0.05) is 23.2 Å². The lowest BCUT2D eigenvalue weighted by Crippen LogP contribution is -2.03. The fourth-order valence-electron chi connectivity index (χ4n) is 0. The highest BCUT2D eigenvalue weighted by atomic mass is 35.5. The standard InChI is InChI=1S/C2H2Cl2O2.CH3NO2/c3-1(4)2(5)6;2-1(3)4/h1H,(H,5,6);2H2,(H,3,4). The summed E-state index contributed by atoms with van der Waals surface area (Å²) in [5.41, 5.74) is 4.03. The first-order valence-electron chi connectivity index (χ1n) is 1.87. The first-order chi connectivity index (χ1) is 4.37. The van der Waals surface area contributed by atoms with Crippen molar-refractivity contribution in [3.05, 3.63) is 0 Å². The summed E-state index contributed by atoms with van der Waals surface area (Å²) < 4.78 is 0. The van der Waals surface area contributed by atoms with Crippen LogP contribution in [0.5, 0.6) is 0 Å². The second-order valence-electron chi connectivity index (χ2n) is 0.977. The van der Waals surface area contributed by atoms with E-state index in [1.165, 1.54) is 0 Å². The molecule has 0 fully saturated rings. The molecule has 0 unspecified atom stereocenters. The van der Waals surface area contributed by atoms with Gasteiger partial charge in [0.1, 0.15) is 0 Å². The van der Waals surface area contributed by atoms with E-state index in [4.69, 9.17) is 38.2 Å². The van der Waals surface area contributed by atoms with Gasteiger partial charge >= 0.3 is 12.1 Å². The minimum atomic E-state index is -1.33. The topological polar surface area (TPSA) is 101 Å². The zero-order valence-corrected chi connectivity index (χ0v) is 6.13. The van der Waals surface area contributed by atoms with Crippen molar-refractivity contribution >= 4 is 35.3 Å². The lowest BCUT2D eigenvalue weighted by Gasteiger charge is -1.84. The first-order valence-corrected chi connectivity index (χ1v) is 2.74. The largest absolute Gasteiger partial charge is 0.479 e. The van der Waals surface area contributed by atoms with Crippen molar-refractivity contribution in [2.75, 3.05) is 0 Å². The molecule has 4 N–H and O–H groups in total. The number of primary amides is 1. The molecule has 0 rings (SSSR count). The normalized spacial score (nSPS) is 7.90. The summed E-state index contributed by atoms with van der Waals surface area (Å²) in [5, 5.41) is 14.9. The van der Waals surface area contributed by atoms with Crippen LogP contribution in [0.2, 0.25) is 0 Å². The van der Waals surface area contributed by atoms with Gasteiger partial charge in [-0.15, -0.1) is 0 Å². The fourth-order valence-corrected chi connectivity index (χ4v) is 0. The maximum atomic E-state index is 9.44. The Morgan fingerprint density at radius 3 is 1.40 bits per heavy atom. The van der Waals surface area contributed by atoms with Gasteiger partial charge in [-0.05, 0) is 0 Å². The van der Waals surface area contributed by atoms with Crippen LogP contribution in [0.3, 0.4) is 0 Å². The van der Waals surface area contributed by atoms with Crippen LogP contribution in [-0.4, -0.2) is 27.1 Å². The summed E-state index contributed by atoms with van der Waals surface area (Å²) in [4.78, 5) is 16.9. The van der Waals surface area contributed by atoms with Crippen molar-refractivity contribution in [3.8, 4) is 0 Å². The van der Waals surface area contributed by atoms with Crippen molar-refractivity contribution in [1.29, 1.82) is 0 Å². The van der Waals surface area contributed by atoms with Crippen molar-refractivity contribution in [2.24, 2.45) is 5.73 Å². The van der Waals surface area contributed by atoms with E-state index in [0.717, 1.165) is 0 Å². The molecule has 0 aliphatic heterocycles. The van der Waals surface area contributed by atoms with E-state index >= 15 is 0 Å². The van der Waals surface area contributed by atoms with E-state index in [1.807, 2.05) is 0 Å². The van der Waals surface area contributed by atoms with Crippen LogP contribution in [0.25, 0.3) is 0 Å². The number of halogens is 2. The van der Waals surface area contributed by atoms with Gasteiger partial charge in [0.05, 0.1) is 0 Å². The van der Waals surface area contributed by atoms with Crippen LogP contribution in [0.4, 0.5) is 4.79 Å². The third-order valence-corrected chi connectivity index (χ3v) is 0.560. The quantitative estimate of drug-likeness (QED) is 0.524. The second kappa shape index (κ2) is 6.44. The molecule has 0 aromatic carbocycles. The number of carboxylic acid groups (broad SMARTS) is 2. The summed E-state index contributed by atoms with van der Waals surface area (Å²) in [5.74, 6) is -1.21. The Kier molecular flexibility index (Phi) is 7.75. The van der Waals surface area contributed by atoms with Gasteiger partial charge in [0.15, 0.2) is 0 Å². The summed E-state index contributed by atoms with van der Waals surface area (Å²) in [6.07, 6.45) is -1.33. The molecule has 7 heteroatoms. The van der Waals surface area contributed by atoms with E-state index in [1.54, 1.807) is 0 Å². The SMILES string of the molecule is NC(=O)O.O=C(O)C(Cl)Cl. The van der Waals surface area contributed by atoms with Gasteiger partial charge in [-0.25, -0.2) is 9.59 Å². The fraction of sp³-hybridized carbons (Fsp3) is 0.333. The van der Waals surface area contributed by atoms with E-state index < -0.39 is 16.9 Å². The Labute approximate surface area is 66.3 Å². The average Bonchev–Trinajstić information content (AvgIpc) is 1.63. The number of rotatable bonds is 1. The van der Waals surface area contributed by atoms with Gasteiger partial charge in [-0.3, -0.25) is 0 Å². The Hall–Kier alpha value is -0.680. The van der Waals surface area contributed by atoms with Crippen molar-refractivity contribution in [3.63, 3.8) is 0 Å². The highest BCUT2D eigenvalue weighted by molar-refractivity contribution is 6.52. The lowest BCUT2D eigenvalue weighted by atomic mass is 10.8. The van der Waals surface area contributed by atoms with Crippen LogP contribution >= 0.6 is 23.2 Å².